The number of aliphatic hydroxyl groups excluding tert-OH is 1. The Bertz CT molecular complexity index is 1510. The number of nitrogens with zero attached hydrogens (tertiary/aromatic N) is 4. The summed E-state index contributed by atoms with van der Waals surface area (Å²) in [5, 5.41) is 15.7. The van der Waals surface area contributed by atoms with Gasteiger partial charge in [0, 0.05) is 68.0 Å². The number of β-amino-alcohol motifs (C(OH)–C–C–N with tert-alkyl or cyclic N) is 1. The lowest BCUT2D eigenvalue weighted by Crippen LogP contribution is -2.34. The van der Waals surface area contributed by atoms with Gasteiger partial charge in [-0.05, 0) is 79.9 Å². The third-order valence-electron chi connectivity index (χ3n) is 7.88. The Morgan fingerprint density at radius 3 is 2.52 bits per heavy atom. The van der Waals surface area contributed by atoms with E-state index in [1.807, 2.05) is 60.7 Å². The standard InChI is InChI=1S/C32H38N6O4/c1-33-32(41)38-16-12-26-21-27(7-8-29(26)38)37(18-20-42-2)28-9-13-34-30(22-28)35-31(40)25-5-3-23(4-6-25)24-10-14-36(15-11-24)17-19-39/h3-9,12-13,16,21-22,24,39H,10-11,14-15,17-20H2,1-2H3,(H,33,41)(H,34,35,40). The van der Waals surface area contributed by atoms with Crippen LogP contribution in [0.15, 0.2) is 73.1 Å². The summed E-state index contributed by atoms with van der Waals surface area (Å²) in [5.74, 6) is 0.700. The number of aliphatic hydroxyl groups is 1. The predicted molar refractivity (Wildman–Crippen MR) is 165 cm³/mol. The van der Waals surface area contributed by atoms with Crippen molar-refractivity contribution in [3.63, 3.8) is 0 Å². The topological polar surface area (TPSA) is 112 Å². The fourth-order valence-electron chi connectivity index (χ4n) is 5.57. The minimum absolute atomic E-state index is 0.197. The second-order valence-electron chi connectivity index (χ2n) is 10.4. The Morgan fingerprint density at radius 1 is 1.05 bits per heavy atom. The van der Waals surface area contributed by atoms with Gasteiger partial charge in [-0.1, -0.05) is 12.1 Å². The molecule has 4 aromatic rings. The van der Waals surface area contributed by atoms with Gasteiger partial charge in [0.2, 0.25) is 0 Å². The van der Waals surface area contributed by atoms with Crippen molar-refractivity contribution in [3.8, 4) is 0 Å². The molecule has 3 heterocycles. The Kier molecular flexibility index (Phi) is 9.48. The molecule has 0 atom stereocenters. The van der Waals surface area contributed by atoms with Gasteiger partial charge in [0.15, 0.2) is 0 Å². The van der Waals surface area contributed by atoms with E-state index < -0.39 is 0 Å². The van der Waals surface area contributed by atoms with Crippen molar-refractivity contribution in [2.75, 3.05) is 63.8 Å². The second kappa shape index (κ2) is 13.6. The number of hydrogen-bond acceptors (Lipinski definition) is 7. The molecule has 42 heavy (non-hydrogen) atoms. The lowest BCUT2D eigenvalue weighted by Gasteiger charge is -2.31. The number of anilines is 3. The Labute approximate surface area is 245 Å². The van der Waals surface area contributed by atoms with Crippen molar-refractivity contribution < 1.29 is 19.4 Å². The number of amides is 2. The number of pyridine rings is 1. The molecule has 1 fully saturated rings. The summed E-state index contributed by atoms with van der Waals surface area (Å²) in [6.45, 7) is 3.96. The molecule has 220 valence electrons. The van der Waals surface area contributed by atoms with E-state index in [2.05, 4.69) is 25.4 Å². The highest BCUT2D eigenvalue weighted by Gasteiger charge is 2.21. The van der Waals surface area contributed by atoms with Crippen LogP contribution in [0.5, 0.6) is 0 Å². The van der Waals surface area contributed by atoms with Gasteiger partial charge >= 0.3 is 6.03 Å². The monoisotopic (exact) mass is 570 g/mol. The zero-order chi connectivity index (χ0) is 29.5. The van der Waals surface area contributed by atoms with Crippen molar-refractivity contribution in [2.24, 2.45) is 0 Å². The average molecular weight is 571 g/mol. The van der Waals surface area contributed by atoms with Gasteiger partial charge in [0.05, 0.1) is 18.7 Å². The van der Waals surface area contributed by atoms with Crippen molar-refractivity contribution in [3.05, 3.63) is 84.2 Å². The van der Waals surface area contributed by atoms with Crippen LogP contribution in [0.25, 0.3) is 10.9 Å². The average Bonchev–Trinajstić information content (AvgIpc) is 3.45. The molecule has 2 amide bonds. The summed E-state index contributed by atoms with van der Waals surface area (Å²) in [5.41, 5.74) is 4.41. The third-order valence-corrected chi connectivity index (χ3v) is 7.88. The number of ether oxygens (including phenoxy) is 1. The van der Waals surface area contributed by atoms with Crippen LogP contribution in [0.4, 0.5) is 22.0 Å². The zero-order valence-corrected chi connectivity index (χ0v) is 24.1. The van der Waals surface area contributed by atoms with Gasteiger partial charge in [-0.3, -0.25) is 9.36 Å². The van der Waals surface area contributed by atoms with Gasteiger partial charge < -0.3 is 30.3 Å². The zero-order valence-electron chi connectivity index (χ0n) is 24.1. The molecule has 2 aromatic heterocycles. The van der Waals surface area contributed by atoms with Crippen molar-refractivity contribution in [1.82, 2.24) is 19.8 Å². The van der Waals surface area contributed by atoms with Gasteiger partial charge in [-0.2, -0.15) is 0 Å². The molecule has 3 N–H and O–H groups in total. The number of likely N-dealkylation sites (tertiary alicyclic amines) is 1. The normalized spacial score (nSPS) is 14.2. The Balaban J connectivity index is 1.30. The largest absolute Gasteiger partial charge is 0.395 e. The van der Waals surface area contributed by atoms with Crippen molar-refractivity contribution in [1.29, 1.82) is 0 Å². The van der Waals surface area contributed by atoms with Crippen LogP contribution >= 0.6 is 0 Å². The molecule has 1 saturated heterocycles. The van der Waals surface area contributed by atoms with Crippen LogP contribution in [0.1, 0.15) is 34.7 Å². The Hall–Kier alpha value is -4.25. The number of carbonyl (C=O) groups is 2. The highest BCUT2D eigenvalue weighted by atomic mass is 16.5. The van der Waals surface area contributed by atoms with E-state index in [1.165, 1.54) is 5.56 Å². The molecule has 0 radical (unpaired) electrons. The number of carbonyl (C=O) groups excluding carboxylic acids is 2. The maximum absolute atomic E-state index is 13.1. The highest BCUT2D eigenvalue weighted by Crippen LogP contribution is 2.31. The number of aromatic nitrogens is 2. The predicted octanol–water partition coefficient (Wildman–Crippen LogP) is 4.43. The van der Waals surface area contributed by atoms with Crippen LogP contribution in [0.2, 0.25) is 0 Å². The lowest BCUT2D eigenvalue weighted by atomic mass is 9.89. The first-order chi connectivity index (χ1) is 20.5. The van der Waals surface area contributed by atoms with Gasteiger partial charge in [-0.15, -0.1) is 0 Å². The number of benzene rings is 2. The molecule has 0 aliphatic carbocycles. The molecule has 10 nitrogen and oxygen atoms in total. The highest BCUT2D eigenvalue weighted by molar-refractivity contribution is 6.04. The third kappa shape index (κ3) is 6.62. The summed E-state index contributed by atoms with van der Waals surface area (Å²) in [4.78, 5) is 34.1. The molecule has 0 unspecified atom stereocenters. The smallest absolute Gasteiger partial charge is 0.325 e. The molecule has 0 bridgehead atoms. The Morgan fingerprint density at radius 2 is 1.81 bits per heavy atom. The molecule has 1 aliphatic rings. The minimum atomic E-state index is -0.218. The minimum Gasteiger partial charge on any atom is -0.395 e. The number of piperidine rings is 1. The fraction of sp³-hybridized carbons (Fsp3) is 0.344. The number of nitrogens with one attached hydrogen (secondary N) is 2. The van der Waals surface area contributed by atoms with E-state index in [0.717, 1.165) is 54.8 Å². The SMILES string of the molecule is CNC(=O)n1ccc2cc(N(CCOC)c3ccnc(NC(=O)c4ccc(C5CCN(CCO)CC5)cc4)c3)ccc21. The number of rotatable bonds is 10. The molecule has 0 spiro atoms. The van der Waals surface area contributed by atoms with Crippen LogP contribution in [0.3, 0.4) is 0 Å². The van der Waals surface area contributed by atoms with Crippen molar-refractivity contribution >= 4 is 40.0 Å². The van der Waals surface area contributed by atoms with Crippen LogP contribution in [0, 0.1) is 0 Å². The summed E-state index contributed by atoms with van der Waals surface area (Å²) >= 11 is 0. The summed E-state index contributed by atoms with van der Waals surface area (Å²) in [6.07, 6.45) is 5.53. The lowest BCUT2D eigenvalue weighted by molar-refractivity contribution is 0.102. The number of hydrogen-bond donors (Lipinski definition) is 3. The molecule has 5 rings (SSSR count). The first kappa shape index (κ1) is 29.2. The van der Waals surface area contributed by atoms with Crippen LogP contribution in [-0.4, -0.2) is 85.0 Å². The molecular weight excluding hydrogens is 532 g/mol. The van der Waals surface area contributed by atoms with Gasteiger partial charge in [0.1, 0.15) is 5.82 Å². The van der Waals surface area contributed by atoms with E-state index >= 15 is 0 Å². The molecule has 10 heteroatoms. The quantitative estimate of drug-likeness (QED) is 0.259. The second-order valence-corrected chi connectivity index (χ2v) is 10.4. The maximum atomic E-state index is 13.1. The molecule has 2 aromatic carbocycles. The van der Waals surface area contributed by atoms with E-state index in [0.29, 0.717) is 30.5 Å². The molecule has 1 aliphatic heterocycles. The van der Waals surface area contributed by atoms with Crippen molar-refractivity contribution in [2.45, 2.75) is 18.8 Å². The van der Waals surface area contributed by atoms with E-state index in [1.54, 1.807) is 31.1 Å². The van der Waals surface area contributed by atoms with E-state index in [-0.39, 0.29) is 18.5 Å². The van der Waals surface area contributed by atoms with Crippen LogP contribution in [-0.2, 0) is 4.74 Å². The number of fused-ring (bicyclic) bond motifs is 1. The van der Waals surface area contributed by atoms with Crippen LogP contribution < -0.4 is 15.5 Å². The van der Waals surface area contributed by atoms with E-state index in [4.69, 9.17) is 4.74 Å². The summed E-state index contributed by atoms with van der Waals surface area (Å²) in [7, 11) is 3.27. The van der Waals surface area contributed by atoms with Gasteiger partial charge in [0.25, 0.3) is 5.91 Å². The van der Waals surface area contributed by atoms with Gasteiger partial charge in [-0.25, -0.2) is 9.78 Å². The first-order valence-electron chi connectivity index (χ1n) is 14.3. The molecule has 0 saturated carbocycles. The maximum Gasteiger partial charge on any atom is 0.325 e. The summed E-state index contributed by atoms with van der Waals surface area (Å²) < 4.78 is 6.96. The fourth-order valence-corrected chi connectivity index (χ4v) is 5.57. The summed E-state index contributed by atoms with van der Waals surface area (Å²) in [6, 6.07) is 19.2. The first-order valence-corrected chi connectivity index (χ1v) is 14.3. The number of methoxy groups -OCH3 is 1. The molecular formula is C32H38N6O4. The van der Waals surface area contributed by atoms with E-state index in [9.17, 15) is 14.7 Å².